The second-order valence-corrected chi connectivity index (χ2v) is 4.59. The van der Waals surface area contributed by atoms with Gasteiger partial charge < -0.3 is 4.90 Å². The van der Waals surface area contributed by atoms with Gasteiger partial charge in [-0.05, 0) is 17.5 Å². The molecule has 0 saturated carbocycles. The van der Waals surface area contributed by atoms with E-state index in [9.17, 15) is 4.79 Å². The van der Waals surface area contributed by atoms with Crippen molar-refractivity contribution < 1.29 is 4.79 Å². The van der Waals surface area contributed by atoms with Crippen molar-refractivity contribution in [1.82, 2.24) is 9.80 Å². The largest absolute Gasteiger partial charge is 0.343 e. The molecule has 3 heteroatoms. The van der Waals surface area contributed by atoms with E-state index in [0.29, 0.717) is 0 Å². The second-order valence-electron chi connectivity index (χ2n) is 4.59. The third-order valence-corrected chi connectivity index (χ3v) is 3.39. The van der Waals surface area contributed by atoms with Crippen LogP contribution in [0.15, 0.2) is 24.3 Å². The summed E-state index contributed by atoms with van der Waals surface area (Å²) < 4.78 is 0. The van der Waals surface area contributed by atoms with Crippen molar-refractivity contribution >= 4 is 6.41 Å². The van der Waals surface area contributed by atoms with Gasteiger partial charge in [0.2, 0.25) is 6.41 Å². The minimum absolute atomic E-state index is 0.858. The molecule has 0 atom stereocenters. The van der Waals surface area contributed by atoms with E-state index in [1.54, 1.807) is 0 Å². The molecule has 0 bridgehead atoms. The van der Waals surface area contributed by atoms with Crippen molar-refractivity contribution in [3.05, 3.63) is 35.4 Å². The van der Waals surface area contributed by atoms with Gasteiger partial charge in [0.15, 0.2) is 0 Å². The van der Waals surface area contributed by atoms with Gasteiger partial charge in [0.25, 0.3) is 0 Å². The van der Waals surface area contributed by atoms with Gasteiger partial charge in [0.05, 0.1) is 0 Å². The highest BCUT2D eigenvalue weighted by Crippen LogP contribution is 2.09. The molecule has 17 heavy (non-hydrogen) atoms. The van der Waals surface area contributed by atoms with Gasteiger partial charge in [-0.3, -0.25) is 9.69 Å². The SMILES string of the molecule is CCc1ccc(CN2CCN(C=O)CC2)cc1. The van der Waals surface area contributed by atoms with E-state index in [1.165, 1.54) is 11.1 Å². The van der Waals surface area contributed by atoms with Crippen LogP contribution < -0.4 is 0 Å². The highest BCUT2D eigenvalue weighted by Gasteiger charge is 2.14. The Hall–Kier alpha value is -1.35. The highest BCUT2D eigenvalue weighted by molar-refractivity contribution is 5.47. The summed E-state index contributed by atoms with van der Waals surface area (Å²) in [4.78, 5) is 14.9. The number of amides is 1. The van der Waals surface area contributed by atoms with Crippen LogP contribution in [-0.2, 0) is 17.8 Å². The molecule has 1 aliphatic heterocycles. The molecule has 3 nitrogen and oxygen atoms in total. The molecule has 0 unspecified atom stereocenters. The Kier molecular flexibility index (Phi) is 4.15. The van der Waals surface area contributed by atoms with E-state index >= 15 is 0 Å². The van der Waals surface area contributed by atoms with Gasteiger partial charge in [0.1, 0.15) is 0 Å². The Balaban J connectivity index is 1.86. The summed E-state index contributed by atoms with van der Waals surface area (Å²) >= 11 is 0. The zero-order valence-corrected chi connectivity index (χ0v) is 10.4. The molecule has 0 N–H and O–H groups in total. The Bertz CT molecular complexity index is 353. The number of hydrogen-bond acceptors (Lipinski definition) is 2. The van der Waals surface area contributed by atoms with Crippen molar-refractivity contribution in [2.45, 2.75) is 19.9 Å². The van der Waals surface area contributed by atoms with Crippen LogP contribution in [0.25, 0.3) is 0 Å². The molecular formula is C14H20N2O. The molecule has 1 fully saturated rings. The van der Waals surface area contributed by atoms with Gasteiger partial charge in [0, 0.05) is 32.7 Å². The summed E-state index contributed by atoms with van der Waals surface area (Å²) in [5.41, 5.74) is 2.75. The van der Waals surface area contributed by atoms with E-state index in [-0.39, 0.29) is 0 Å². The fourth-order valence-corrected chi connectivity index (χ4v) is 2.17. The van der Waals surface area contributed by atoms with E-state index in [4.69, 9.17) is 0 Å². The summed E-state index contributed by atoms with van der Waals surface area (Å²) in [6, 6.07) is 8.84. The number of nitrogens with zero attached hydrogens (tertiary/aromatic N) is 2. The van der Waals surface area contributed by atoms with Crippen LogP contribution in [0.5, 0.6) is 0 Å². The van der Waals surface area contributed by atoms with Gasteiger partial charge >= 0.3 is 0 Å². The van der Waals surface area contributed by atoms with Crippen LogP contribution in [0.2, 0.25) is 0 Å². The number of rotatable bonds is 4. The monoisotopic (exact) mass is 232 g/mol. The molecule has 0 spiro atoms. The molecule has 1 amide bonds. The lowest BCUT2D eigenvalue weighted by Gasteiger charge is -2.32. The summed E-state index contributed by atoms with van der Waals surface area (Å²) in [7, 11) is 0. The zero-order chi connectivity index (χ0) is 12.1. The topological polar surface area (TPSA) is 23.6 Å². The van der Waals surface area contributed by atoms with Crippen molar-refractivity contribution in [2.75, 3.05) is 26.2 Å². The number of carbonyl (C=O) groups excluding carboxylic acids is 1. The maximum absolute atomic E-state index is 10.6. The highest BCUT2D eigenvalue weighted by atomic mass is 16.1. The van der Waals surface area contributed by atoms with Gasteiger partial charge in [-0.25, -0.2) is 0 Å². The normalized spacial score (nSPS) is 17.1. The summed E-state index contributed by atoms with van der Waals surface area (Å²) in [5.74, 6) is 0. The lowest BCUT2D eigenvalue weighted by molar-refractivity contribution is -0.119. The van der Waals surface area contributed by atoms with Crippen LogP contribution in [0.4, 0.5) is 0 Å². The average molecular weight is 232 g/mol. The first-order chi connectivity index (χ1) is 8.31. The van der Waals surface area contributed by atoms with Crippen LogP contribution >= 0.6 is 0 Å². The maximum atomic E-state index is 10.6. The maximum Gasteiger partial charge on any atom is 0.209 e. The lowest BCUT2D eigenvalue weighted by Crippen LogP contribution is -2.45. The van der Waals surface area contributed by atoms with Crippen molar-refractivity contribution in [3.63, 3.8) is 0 Å². The summed E-state index contributed by atoms with van der Waals surface area (Å²) in [6.07, 6.45) is 2.05. The molecule has 92 valence electrons. The predicted octanol–water partition coefficient (Wildman–Crippen LogP) is 1.52. The average Bonchev–Trinajstić information content (AvgIpc) is 2.40. The first-order valence-electron chi connectivity index (χ1n) is 6.31. The Morgan fingerprint density at radius 3 is 2.18 bits per heavy atom. The molecule has 2 rings (SSSR count). The molecule has 1 aromatic rings. The van der Waals surface area contributed by atoms with E-state index in [1.807, 2.05) is 4.90 Å². The molecule has 0 radical (unpaired) electrons. The predicted molar refractivity (Wildman–Crippen MR) is 68.7 cm³/mol. The number of piperazine rings is 1. The number of hydrogen-bond donors (Lipinski definition) is 0. The molecule has 1 heterocycles. The van der Waals surface area contributed by atoms with Gasteiger partial charge in [-0.15, -0.1) is 0 Å². The number of carbonyl (C=O) groups is 1. The summed E-state index contributed by atoms with van der Waals surface area (Å²) in [6.45, 7) is 6.85. The third kappa shape index (κ3) is 3.30. The smallest absolute Gasteiger partial charge is 0.209 e. The Morgan fingerprint density at radius 2 is 1.65 bits per heavy atom. The standard InChI is InChI=1S/C14H20N2O/c1-2-13-3-5-14(6-4-13)11-15-7-9-16(12-17)10-8-15/h3-6,12H,2,7-11H2,1H3. The Labute approximate surface area is 103 Å². The molecular weight excluding hydrogens is 212 g/mol. The quantitative estimate of drug-likeness (QED) is 0.735. The first-order valence-corrected chi connectivity index (χ1v) is 6.31. The Morgan fingerprint density at radius 1 is 1.06 bits per heavy atom. The van der Waals surface area contributed by atoms with E-state index < -0.39 is 0 Å². The second kappa shape index (κ2) is 5.82. The van der Waals surface area contributed by atoms with Gasteiger partial charge in [-0.2, -0.15) is 0 Å². The van der Waals surface area contributed by atoms with Crippen LogP contribution in [0.1, 0.15) is 18.1 Å². The minimum atomic E-state index is 0.858. The molecule has 0 aliphatic carbocycles. The van der Waals surface area contributed by atoms with E-state index in [2.05, 4.69) is 36.1 Å². The first kappa shape index (κ1) is 12.1. The number of aryl methyl sites for hydroxylation is 1. The third-order valence-electron chi connectivity index (χ3n) is 3.39. The number of benzene rings is 1. The summed E-state index contributed by atoms with van der Waals surface area (Å²) in [5, 5.41) is 0. The minimum Gasteiger partial charge on any atom is -0.343 e. The van der Waals surface area contributed by atoms with Gasteiger partial charge in [-0.1, -0.05) is 31.2 Å². The molecule has 1 aliphatic rings. The molecule has 0 aromatic heterocycles. The molecule has 1 saturated heterocycles. The van der Waals surface area contributed by atoms with Crippen LogP contribution in [0, 0.1) is 0 Å². The fraction of sp³-hybridized carbons (Fsp3) is 0.500. The zero-order valence-electron chi connectivity index (χ0n) is 10.4. The van der Waals surface area contributed by atoms with Crippen molar-refractivity contribution in [3.8, 4) is 0 Å². The van der Waals surface area contributed by atoms with Crippen molar-refractivity contribution in [2.24, 2.45) is 0 Å². The van der Waals surface area contributed by atoms with Crippen molar-refractivity contribution in [1.29, 1.82) is 0 Å². The van der Waals surface area contributed by atoms with Crippen LogP contribution in [-0.4, -0.2) is 42.4 Å². The molecule has 1 aromatic carbocycles. The van der Waals surface area contributed by atoms with Crippen LogP contribution in [0.3, 0.4) is 0 Å². The lowest BCUT2D eigenvalue weighted by atomic mass is 10.1. The fourth-order valence-electron chi connectivity index (χ4n) is 2.17. The van der Waals surface area contributed by atoms with E-state index in [0.717, 1.165) is 45.6 Å².